The average Bonchev–Trinajstić information content (AvgIpc) is 2.52. The highest BCUT2D eigenvalue weighted by Gasteiger charge is 2.15. The van der Waals surface area contributed by atoms with Gasteiger partial charge in [0.15, 0.2) is 9.84 Å². The van der Waals surface area contributed by atoms with Crippen LogP contribution < -0.4 is 10.1 Å². The molecule has 0 aliphatic heterocycles. The molecular weight excluding hydrogens is 350 g/mol. The van der Waals surface area contributed by atoms with Gasteiger partial charge >= 0.3 is 0 Å². The molecule has 0 atom stereocenters. The fraction of sp³-hybridized carbons (Fsp3) is 0.235. The van der Waals surface area contributed by atoms with Gasteiger partial charge in [-0.2, -0.15) is 0 Å². The molecule has 0 aromatic heterocycles. The molecule has 0 fully saturated rings. The average molecular weight is 368 g/mol. The van der Waals surface area contributed by atoms with Gasteiger partial charge in [0.05, 0.1) is 16.5 Å². The van der Waals surface area contributed by atoms with E-state index in [9.17, 15) is 13.2 Å². The van der Waals surface area contributed by atoms with Crippen LogP contribution in [0.15, 0.2) is 47.4 Å². The first kappa shape index (κ1) is 18.3. The molecule has 0 spiro atoms. The summed E-state index contributed by atoms with van der Waals surface area (Å²) in [6.07, 6.45) is 1.05. The van der Waals surface area contributed by atoms with Crippen molar-refractivity contribution in [3.63, 3.8) is 0 Å². The number of hydrogen-bond donors (Lipinski definition) is 1. The first-order valence-electron chi connectivity index (χ1n) is 7.24. The summed E-state index contributed by atoms with van der Waals surface area (Å²) in [6.45, 7) is 2.59. The van der Waals surface area contributed by atoms with Crippen molar-refractivity contribution in [2.75, 3.05) is 19.4 Å². The molecule has 0 radical (unpaired) electrons. The summed E-state index contributed by atoms with van der Waals surface area (Å²) in [7, 11) is -3.49. The van der Waals surface area contributed by atoms with Gasteiger partial charge in [0.25, 0.3) is 5.91 Å². The minimum Gasteiger partial charge on any atom is -0.492 e. The van der Waals surface area contributed by atoms with Crippen LogP contribution in [0.25, 0.3) is 0 Å². The number of aryl methyl sites for hydroxylation is 1. The molecular formula is C17H18ClNO4S. The van der Waals surface area contributed by atoms with Gasteiger partial charge in [-0.05, 0) is 37.3 Å². The molecule has 1 N–H and O–H groups in total. The largest absolute Gasteiger partial charge is 0.492 e. The topological polar surface area (TPSA) is 72.5 Å². The molecule has 2 aromatic rings. The van der Waals surface area contributed by atoms with Crippen LogP contribution in [-0.4, -0.2) is 33.7 Å². The van der Waals surface area contributed by atoms with Crippen molar-refractivity contribution < 1.29 is 17.9 Å². The van der Waals surface area contributed by atoms with Crippen LogP contribution in [0.3, 0.4) is 0 Å². The number of rotatable bonds is 6. The van der Waals surface area contributed by atoms with Crippen LogP contribution in [0.4, 0.5) is 0 Å². The fourth-order valence-electron chi connectivity index (χ4n) is 2.00. The van der Waals surface area contributed by atoms with Gasteiger partial charge < -0.3 is 10.1 Å². The molecule has 0 bridgehead atoms. The quantitative estimate of drug-likeness (QED) is 0.797. The maximum absolute atomic E-state index is 12.1. The number of carbonyl (C=O) groups is 1. The summed E-state index contributed by atoms with van der Waals surface area (Å²) < 4.78 is 28.8. The number of halogens is 1. The van der Waals surface area contributed by atoms with Gasteiger partial charge in [0.1, 0.15) is 12.4 Å². The molecule has 0 saturated carbocycles. The lowest BCUT2D eigenvalue weighted by molar-refractivity contribution is 0.0947. The molecule has 0 saturated heterocycles. The van der Waals surface area contributed by atoms with Crippen molar-refractivity contribution >= 4 is 27.3 Å². The van der Waals surface area contributed by atoms with E-state index in [0.717, 1.165) is 17.6 Å². The Balaban J connectivity index is 1.92. The first-order valence-corrected chi connectivity index (χ1v) is 9.51. The Labute approximate surface area is 146 Å². The van der Waals surface area contributed by atoms with E-state index in [-0.39, 0.29) is 21.4 Å². The lowest BCUT2D eigenvalue weighted by atomic mass is 10.2. The van der Waals surface area contributed by atoms with E-state index in [2.05, 4.69) is 5.32 Å². The van der Waals surface area contributed by atoms with E-state index in [1.807, 2.05) is 31.2 Å². The van der Waals surface area contributed by atoms with Crippen molar-refractivity contribution in [2.24, 2.45) is 0 Å². The van der Waals surface area contributed by atoms with Gasteiger partial charge in [0.2, 0.25) is 0 Å². The van der Waals surface area contributed by atoms with Gasteiger partial charge in [-0.15, -0.1) is 0 Å². The Morgan fingerprint density at radius 2 is 1.83 bits per heavy atom. The van der Waals surface area contributed by atoms with Crippen LogP contribution in [0.5, 0.6) is 5.75 Å². The predicted molar refractivity (Wildman–Crippen MR) is 93.6 cm³/mol. The zero-order valence-corrected chi connectivity index (χ0v) is 14.9. The third kappa shape index (κ3) is 4.97. The summed E-state index contributed by atoms with van der Waals surface area (Å²) in [5, 5.41) is 2.77. The molecule has 0 heterocycles. The Morgan fingerprint density at radius 1 is 1.17 bits per heavy atom. The Bertz CT molecular complexity index is 832. The maximum Gasteiger partial charge on any atom is 0.251 e. The molecule has 5 nitrogen and oxygen atoms in total. The van der Waals surface area contributed by atoms with Gasteiger partial charge in [-0.25, -0.2) is 8.42 Å². The van der Waals surface area contributed by atoms with Crippen molar-refractivity contribution in [3.05, 3.63) is 58.6 Å². The molecule has 2 aromatic carbocycles. The molecule has 7 heteroatoms. The fourth-order valence-corrected chi connectivity index (χ4v) is 3.30. The second kappa shape index (κ2) is 7.68. The molecule has 24 heavy (non-hydrogen) atoms. The second-order valence-corrected chi connectivity index (χ2v) is 7.73. The normalized spacial score (nSPS) is 11.1. The molecule has 1 amide bonds. The van der Waals surface area contributed by atoms with E-state index in [1.165, 1.54) is 18.2 Å². The Hall–Kier alpha value is -2.05. The monoisotopic (exact) mass is 367 g/mol. The maximum atomic E-state index is 12.1. The molecule has 2 rings (SSSR count). The van der Waals surface area contributed by atoms with Crippen molar-refractivity contribution in [1.82, 2.24) is 5.32 Å². The standard InChI is InChI=1S/C17H18ClNO4S/c1-12-3-6-14(7-4-12)23-10-9-19-17(20)13-5-8-15(18)16(11-13)24(2,21)22/h3-8,11H,9-10H2,1-2H3,(H,19,20). The van der Waals surface area contributed by atoms with Gasteiger partial charge in [-0.3, -0.25) is 4.79 Å². The van der Waals surface area contributed by atoms with Gasteiger partial charge in [-0.1, -0.05) is 29.3 Å². The number of amides is 1. The predicted octanol–water partition coefficient (Wildman–Crippen LogP) is 2.86. The first-order chi connectivity index (χ1) is 11.3. The summed E-state index contributed by atoms with van der Waals surface area (Å²) in [6, 6.07) is 11.7. The second-order valence-electron chi connectivity index (χ2n) is 5.33. The zero-order chi connectivity index (χ0) is 17.7. The van der Waals surface area contributed by atoms with Crippen LogP contribution in [0.2, 0.25) is 5.02 Å². The van der Waals surface area contributed by atoms with Crippen molar-refractivity contribution in [2.45, 2.75) is 11.8 Å². The summed E-state index contributed by atoms with van der Waals surface area (Å²) in [4.78, 5) is 12.0. The lowest BCUT2D eigenvalue weighted by Crippen LogP contribution is -2.28. The number of ether oxygens (including phenoxy) is 1. The third-order valence-corrected chi connectivity index (χ3v) is 4.85. The number of benzene rings is 2. The zero-order valence-electron chi connectivity index (χ0n) is 13.4. The Morgan fingerprint density at radius 3 is 2.46 bits per heavy atom. The minimum absolute atomic E-state index is 0.0623. The van der Waals surface area contributed by atoms with Gasteiger partial charge in [0, 0.05) is 11.8 Å². The summed E-state index contributed by atoms with van der Waals surface area (Å²) >= 11 is 5.86. The SMILES string of the molecule is Cc1ccc(OCCNC(=O)c2ccc(Cl)c(S(C)(=O)=O)c2)cc1. The number of nitrogens with one attached hydrogen (secondary N) is 1. The highest BCUT2D eigenvalue weighted by Crippen LogP contribution is 2.22. The van der Waals surface area contributed by atoms with E-state index < -0.39 is 9.84 Å². The van der Waals surface area contributed by atoms with E-state index in [1.54, 1.807) is 0 Å². The highest BCUT2D eigenvalue weighted by molar-refractivity contribution is 7.90. The van der Waals surface area contributed by atoms with Crippen LogP contribution >= 0.6 is 11.6 Å². The smallest absolute Gasteiger partial charge is 0.251 e. The molecule has 0 aliphatic carbocycles. The van der Waals surface area contributed by atoms with E-state index in [0.29, 0.717) is 13.2 Å². The number of hydrogen-bond acceptors (Lipinski definition) is 4. The van der Waals surface area contributed by atoms with Crippen LogP contribution in [-0.2, 0) is 9.84 Å². The van der Waals surface area contributed by atoms with E-state index in [4.69, 9.17) is 16.3 Å². The lowest BCUT2D eigenvalue weighted by Gasteiger charge is -2.09. The van der Waals surface area contributed by atoms with Crippen molar-refractivity contribution in [3.8, 4) is 5.75 Å². The highest BCUT2D eigenvalue weighted by atomic mass is 35.5. The molecule has 0 unspecified atom stereocenters. The summed E-state index contributed by atoms with van der Waals surface area (Å²) in [5.41, 5.74) is 1.37. The van der Waals surface area contributed by atoms with Crippen LogP contribution in [0, 0.1) is 6.92 Å². The van der Waals surface area contributed by atoms with Crippen LogP contribution in [0.1, 0.15) is 15.9 Å². The summed E-state index contributed by atoms with van der Waals surface area (Å²) in [5.74, 6) is 0.338. The molecule has 0 aliphatic rings. The van der Waals surface area contributed by atoms with E-state index >= 15 is 0 Å². The number of sulfone groups is 1. The molecule has 128 valence electrons. The number of carbonyl (C=O) groups excluding carboxylic acids is 1. The minimum atomic E-state index is -3.49. The Kier molecular flexibility index (Phi) is 5.85. The third-order valence-electron chi connectivity index (χ3n) is 3.27. The van der Waals surface area contributed by atoms with Crippen molar-refractivity contribution in [1.29, 1.82) is 0 Å².